The van der Waals surface area contributed by atoms with E-state index in [1.165, 1.54) is 11.8 Å². The molecule has 2 aromatic carbocycles. The van der Waals surface area contributed by atoms with Gasteiger partial charge in [0, 0.05) is 10.6 Å². The Morgan fingerprint density at radius 2 is 1.20 bits per heavy atom. The average Bonchev–Trinajstić information content (AvgIpc) is 2.63. The molecule has 0 bridgehead atoms. The van der Waals surface area contributed by atoms with Gasteiger partial charge >= 0.3 is 7.60 Å². The predicted octanol–water partition coefficient (Wildman–Crippen LogP) is 4.91. The first-order valence-corrected chi connectivity index (χ1v) is 13.0. The van der Waals surface area contributed by atoms with E-state index in [1.54, 1.807) is 13.8 Å². The van der Waals surface area contributed by atoms with Crippen LogP contribution < -0.4 is 10.6 Å². The summed E-state index contributed by atoms with van der Waals surface area (Å²) in [6.45, 7) is 4.23. The molecule has 0 aliphatic rings. The smallest absolute Gasteiger partial charge is 0.313 e. The summed E-state index contributed by atoms with van der Waals surface area (Å²) in [4.78, 5) is 0. The summed E-state index contributed by atoms with van der Waals surface area (Å²) in [6, 6.07) is 18.9. The monoisotopic (exact) mass is 398 g/mol. The Kier molecular flexibility index (Phi) is 7.99. The van der Waals surface area contributed by atoms with Crippen LogP contribution in [-0.4, -0.2) is 24.2 Å². The molecule has 0 saturated carbocycles. The van der Waals surface area contributed by atoms with Gasteiger partial charge in [-0.15, -0.1) is 11.8 Å². The zero-order valence-corrected chi connectivity index (χ0v) is 17.1. The summed E-state index contributed by atoms with van der Waals surface area (Å²) >= 11 is 1.36. The van der Waals surface area contributed by atoms with Crippen molar-refractivity contribution < 1.29 is 18.2 Å². The van der Waals surface area contributed by atoms with Crippen molar-refractivity contribution >= 4 is 37.1 Å². The van der Waals surface area contributed by atoms with Gasteiger partial charge in [-0.05, 0) is 13.8 Å². The third kappa shape index (κ3) is 5.57. The summed E-state index contributed by atoms with van der Waals surface area (Å²) in [5.41, 5.74) is 0.545. The van der Waals surface area contributed by atoms with Crippen LogP contribution in [-0.2, 0) is 18.2 Å². The van der Waals surface area contributed by atoms with Crippen molar-refractivity contribution in [3.63, 3.8) is 0 Å². The molecule has 0 radical (unpaired) electrons. The minimum Gasteiger partial charge on any atom is -0.313 e. The lowest BCUT2D eigenvalue weighted by atomic mass is 10.4. The summed E-state index contributed by atoms with van der Waals surface area (Å²) in [7, 11) is -5.96. The van der Waals surface area contributed by atoms with Crippen LogP contribution in [0.15, 0.2) is 60.7 Å². The Bertz CT molecular complexity index is 684. The fourth-order valence-electron chi connectivity index (χ4n) is 2.42. The number of hydrogen-bond acceptors (Lipinski definition) is 5. The highest BCUT2D eigenvalue weighted by Crippen LogP contribution is 2.54. The number of rotatable bonds is 10. The highest BCUT2D eigenvalue weighted by atomic mass is 32.2. The largest absolute Gasteiger partial charge is 0.340 e. The maximum Gasteiger partial charge on any atom is 0.340 e. The van der Waals surface area contributed by atoms with E-state index in [4.69, 9.17) is 9.05 Å². The number of hydrogen-bond donors (Lipinski definition) is 0. The molecule has 4 nitrogen and oxygen atoms in total. The number of thioether (sulfide) groups is 1. The van der Waals surface area contributed by atoms with Crippen LogP contribution >= 0.6 is 26.5 Å². The second kappa shape index (κ2) is 9.75. The highest BCUT2D eigenvalue weighted by molar-refractivity contribution is 8.11. The topological polar surface area (TPSA) is 52.6 Å². The molecule has 25 heavy (non-hydrogen) atoms. The molecule has 0 aliphatic heterocycles. The molecule has 0 unspecified atom stereocenters. The molecule has 2 rings (SSSR count). The Hall–Kier alpha value is -0.830. The Morgan fingerprint density at radius 1 is 0.760 bits per heavy atom. The third-order valence-electron chi connectivity index (χ3n) is 3.52. The van der Waals surface area contributed by atoms with Crippen molar-refractivity contribution in [3.8, 4) is 0 Å². The zero-order chi connectivity index (χ0) is 18.2. The molecule has 0 amide bonds. The second-order valence-electron chi connectivity index (χ2n) is 5.32. The molecule has 2 aromatic rings. The fraction of sp³-hybridized carbons (Fsp3) is 0.333. The van der Waals surface area contributed by atoms with Gasteiger partial charge in [-0.25, -0.2) is 0 Å². The molecule has 0 spiro atoms. The van der Waals surface area contributed by atoms with E-state index in [-0.39, 0.29) is 5.49 Å². The Morgan fingerprint density at radius 3 is 1.60 bits per heavy atom. The SMILES string of the molecule is CCOP(=O)(CSCP(=O)(c1ccccc1)c1ccccc1)OCC. The molecular weight excluding hydrogens is 374 g/mol. The van der Waals surface area contributed by atoms with Crippen LogP contribution in [0, 0.1) is 0 Å². The van der Waals surface area contributed by atoms with Crippen molar-refractivity contribution in [2.45, 2.75) is 13.8 Å². The van der Waals surface area contributed by atoms with Gasteiger partial charge in [0.2, 0.25) is 0 Å². The van der Waals surface area contributed by atoms with Gasteiger partial charge in [0.1, 0.15) is 0 Å². The van der Waals surface area contributed by atoms with Crippen LogP contribution in [0.1, 0.15) is 13.8 Å². The van der Waals surface area contributed by atoms with Crippen LogP contribution in [0.25, 0.3) is 0 Å². The van der Waals surface area contributed by atoms with Gasteiger partial charge in [0.05, 0.1) is 24.2 Å². The first-order chi connectivity index (χ1) is 12.0. The molecule has 0 aliphatic carbocycles. The quantitative estimate of drug-likeness (QED) is 0.532. The zero-order valence-electron chi connectivity index (χ0n) is 14.5. The van der Waals surface area contributed by atoms with Crippen molar-refractivity contribution in [1.82, 2.24) is 0 Å². The second-order valence-corrected chi connectivity index (χ2v) is 12.0. The van der Waals surface area contributed by atoms with Gasteiger partial charge in [-0.3, -0.25) is 4.57 Å². The molecule has 0 heterocycles. The third-order valence-corrected chi connectivity index (χ3v) is 11.3. The molecule has 0 aromatic heterocycles. The van der Waals surface area contributed by atoms with E-state index in [0.29, 0.717) is 18.7 Å². The first-order valence-electron chi connectivity index (χ1n) is 8.20. The highest BCUT2D eigenvalue weighted by Gasteiger charge is 2.30. The van der Waals surface area contributed by atoms with E-state index in [1.807, 2.05) is 60.7 Å². The standard InChI is InChI=1S/C18H24O4P2S/c1-3-21-24(20,22-4-2)16-25-15-23(19,17-11-7-5-8-12-17)18-13-9-6-10-14-18/h5-14H,3-4,15-16H2,1-2H3. The lowest BCUT2D eigenvalue weighted by Crippen LogP contribution is -2.17. The maximum absolute atomic E-state index is 13.8. The van der Waals surface area contributed by atoms with Crippen molar-refractivity contribution in [3.05, 3.63) is 60.7 Å². The normalized spacial score (nSPS) is 12.2. The Labute approximate surface area is 154 Å². The summed E-state index contributed by atoms with van der Waals surface area (Å²) in [6.07, 6.45) is 0. The molecule has 0 N–H and O–H groups in total. The van der Waals surface area contributed by atoms with Crippen molar-refractivity contribution in [2.24, 2.45) is 0 Å². The van der Waals surface area contributed by atoms with Gasteiger partial charge in [-0.2, -0.15) is 0 Å². The summed E-state index contributed by atoms with van der Waals surface area (Å²) in [5.74, 6) is 0. The molecule has 7 heteroatoms. The van der Waals surface area contributed by atoms with E-state index in [2.05, 4.69) is 0 Å². The van der Waals surface area contributed by atoms with Crippen molar-refractivity contribution in [2.75, 3.05) is 24.2 Å². The van der Waals surface area contributed by atoms with Crippen LogP contribution in [0.4, 0.5) is 0 Å². The van der Waals surface area contributed by atoms with Crippen LogP contribution in [0.3, 0.4) is 0 Å². The van der Waals surface area contributed by atoms with Gasteiger partial charge in [0.15, 0.2) is 7.14 Å². The van der Waals surface area contributed by atoms with Gasteiger partial charge < -0.3 is 13.6 Å². The summed E-state index contributed by atoms with van der Waals surface area (Å²) < 4.78 is 37.1. The Balaban J connectivity index is 2.21. The molecule has 0 fully saturated rings. The minimum absolute atomic E-state index is 0.193. The number of benzene rings is 2. The summed E-state index contributed by atoms with van der Waals surface area (Å²) in [5, 5.41) is 1.60. The van der Waals surface area contributed by atoms with Gasteiger partial charge in [0.25, 0.3) is 0 Å². The molecule has 0 saturated heterocycles. The van der Waals surface area contributed by atoms with Crippen LogP contribution in [0.2, 0.25) is 0 Å². The van der Waals surface area contributed by atoms with Crippen molar-refractivity contribution in [1.29, 1.82) is 0 Å². The average molecular weight is 398 g/mol. The van der Waals surface area contributed by atoms with E-state index in [0.717, 1.165) is 10.6 Å². The molecule has 136 valence electrons. The fourth-order valence-corrected chi connectivity index (χ4v) is 9.66. The molecular formula is C18H24O4P2S. The predicted molar refractivity (Wildman–Crippen MR) is 108 cm³/mol. The van der Waals surface area contributed by atoms with Gasteiger partial charge in [-0.1, -0.05) is 60.7 Å². The van der Waals surface area contributed by atoms with Crippen LogP contribution in [0.5, 0.6) is 0 Å². The first kappa shape index (κ1) is 20.5. The maximum atomic E-state index is 13.8. The lowest BCUT2D eigenvalue weighted by molar-refractivity contribution is 0.224. The van der Waals surface area contributed by atoms with E-state index >= 15 is 0 Å². The van der Waals surface area contributed by atoms with E-state index < -0.39 is 14.7 Å². The molecule has 0 atom stereocenters. The lowest BCUT2D eigenvalue weighted by Gasteiger charge is -2.21. The minimum atomic E-state index is -3.15. The van der Waals surface area contributed by atoms with E-state index in [9.17, 15) is 9.13 Å².